The number of benzene rings is 2. The molecule has 0 bridgehead atoms. The minimum absolute atomic E-state index is 0.263. The Morgan fingerprint density at radius 2 is 1.93 bits per heavy atom. The van der Waals surface area contributed by atoms with Gasteiger partial charge in [0, 0.05) is 25.6 Å². The van der Waals surface area contributed by atoms with E-state index in [9.17, 15) is 4.79 Å². The smallest absolute Gasteiger partial charge is 0.224 e. The van der Waals surface area contributed by atoms with Gasteiger partial charge in [-0.1, -0.05) is 43.3 Å². The van der Waals surface area contributed by atoms with Crippen LogP contribution >= 0.6 is 0 Å². The Morgan fingerprint density at radius 3 is 2.78 bits per heavy atom. The van der Waals surface area contributed by atoms with E-state index < -0.39 is 0 Å². The third-order valence-corrected chi connectivity index (χ3v) is 5.64. The largest absolute Gasteiger partial charge is 0.339 e. The van der Waals surface area contributed by atoms with Crippen molar-refractivity contribution in [2.24, 2.45) is 0 Å². The second-order valence-electron chi connectivity index (χ2n) is 7.43. The number of nitrogens with zero attached hydrogens (tertiary/aromatic N) is 3. The summed E-state index contributed by atoms with van der Waals surface area (Å²) in [4.78, 5) is 19.6. The molecule has 4 heteroatoms. The summed E-state index contributed by atoms with van der Waals surface area (Å²) in [6.45, 7) is 3.68. The van der Waals surface area contributed by atoms with E-state index in [4.69, 9.17) is 0 Å². The quantitative estimate of drug-likeness (QED) is 0.659. The molecule has 3 aromatic rings. The van der Waals surface area contributed by atoms with Crippen LogP contribution in [0, 0.1) is 0 Å². The van der Waals surface area contributed by atoms with Gasteiger partial charge in [0.15, 0.2) is 0 Å². The van der Waals surface area contributed by atoms with Crippen molar-refractivity contribution in [2.45, 2.75) is 51.6 Å². The Bertz CT molecular complexity index is 930. The van der Waals surface area contributed by atoms with Crippen molar-refractivity contribution < 1.29 is 4.79 Å². The molecule has 0 fully saturated rings. The maximum absolute atomic E-state index is 13.1. The van der Waals surface area contributed by atoms with E-state index in [0.29, 0.717) is 19.0 Å². The van der Waals surface area contributed by atoms with Crippen LogP contribution in [0.25, 0.3) is 11.0 Å². The summed E-state index contributed by atoms with van der Waals surface area (Å²) in [6.07, 6.45) is 6.49. The molecule has 2 aromatic carbocycles. The molecule has 0 radical (unpaired) electrons. The first-order valence-electron chi connectivity index (χ1n) is 10.0. The first-order valence-corrected chi connectivity index (χ1v) is 10.0. The second-order valence-corrected chi connectivity index (χ2v) is 7.43. The van der Waals surface area contributed by atoms with Crippen LogP contribution in [0.15, 0.2) is 54.9 Å². The highest BCUT2D eigenvalue weighted by Gasteiger charge is 2.26. The third kappa shape index (κ3) is 3.75. The zero-order valence-electron chi connectivity index (χ0n) is 16.0. The molecule has 1 heterocycles. The molecule has 0 N–H and O–H groups in total. The van der Waals surface area contributed by atoms with E-state index in [1.165, 1.54) is 11.1 Å². The summed E-state index contributed by atoms with van der Waals surface area (Å²) in [6, 6.07) is 17.1. The van der Waals surface area contributed by atoms with Gasteiger partial charge in [-0.3, -0.25) is 4.79 Å². The van der Waals surface area contributed by atoms with Gasteiger partial charge in [0.25, 0.3) is 0 Å². The number of imidazole rings is 1. The van der Waals surface area contributed by atoms with Crippen molar-refractivity contribution in [2.75, 3.05) is 6.54 Å². The number of hydrogen-bond donors (Lipinski definition) is 0. The van der Waals surface area contributed by atoms with Crippen LogP contribution in [0.3, 0.4) is 0 Å². The zero-order chi connectivity index (χ0) is 18.6. The highest BCUT2D eigenvalue weighted by Crippen LogP contribution is 2.25. The summed E-state index contributed by atoms with van der Waals surface area (Å²) in [5, 5.41) is 0. The molecular weight excluding hydrogens is 334 g/mol. The van der Waals surface area contributed by atoms with Crippen molar-refractivity contribution in [1.82, 2.24) is 14.5 Å². The summed E-state index contributed by atoms with van der Waals surface area (Å²) in [5.41, 5.74) is 4.93. The van der Waals surface area contributed by atoms with E-state index in [1.807, 2.05) is 24.5 Å². The van der Waals surface area contributed by atoms with Crippen LogP contribution in [-0.2, 0) is 24.2 Å². The van der Waals surface area contributed by atoms with E-state index >= 15 is 0 Å². The average Bonchev–Trinajstić information content (AvgIpc) is 3.13. The predicted octanol–water partition coefficient (Wildman–Crippen LogP) is 4.22. The number of amides is 1. The fourth-order valence-electron chi connectivity index (χ4n) is 4.24. The van der Waals surface area contributed by atoms with E-state index in [-0.39, 0.29) is 5.91 Å². The Balaban J connectivity index is 1.45. The summed E-state index contributed by atoms with van der Waals surface area (Å²) in [5.74, 6) is 0.263. The van der Waals surface area contributed by atoms with E-state index in [1.54, 1.807) is 0 Å². The van der Waals surface area contributed by atoms with Crippen molar-refractivity contribution >= 4 is 16.9 Å². The van der Waals surface area contributed by atoms with Gasteiger partial charge in [-0.25, -0.2) is 4.98 Å². The van der Waals surface area contributed by atoms with Crippen LogP contribution in [0.5, 0.6) is 0 Å². The van der Waals surface area contributed by atoms with Crippen molar-refractivity contribution in [3.05, 3.63) is 66.0 Å². The first kappa shape index (κ1) is 17.8. The number of rotatable bonds is 6. The number of carbonyl (C=O) groups excluding carboxylic acids is 1. The van der Waals surface area contributed by atoms with Crippen molar-refractivity contribution in [3.8, 4) is 0 Å². The molecule has 140 valence electrons. The molecule has 1 amide bonds. The molecule has 27 heavy (non-hydrogen) atoms. The average molecular weight is 361 g/mol. The predicted molar refractivity (Wildman–Crippen MR) is 109 cm³/mol. The monoisotopic (exact) mass is 361 g/mol. The molecule has 1 unspecified atom stereocenters. The summed E-state index contributed by atoms with van der Waals surface area (Å²) < 4.78 is 2.09. The molecule has 1 aromatic heterocycles. The lowest BCUT2D eigenvalue weighted by atomic mass is 9.87. The molecule has 4 rings (SSSR count). The fourth-order valence-corrected chi connectivity index (χ4v) is 4.24. The van der Waals surface area contributed by atoms with E-state index in [0.717, 1.165) is 43.3 Å². The fraction of sp³-hybridized carbons (Fsp3) is 0.391. The Kier molecular flexibility index (Phi) is 5.23. The van der Waals surface area contributed by atoms with Crippen LogP contribution in [0.1, 0.15) is 37.3 Å². The number of fused-ring (bicyclic) bond motifs is 2. The first-order chi connectivity index (χ1) is 13.3. The summed E-state index contributed by atoms with van der Waals surface area (Å²) >= 11 is 0. The van der Waals surface area contributed by atoms with Gasteiger partial charge in [-0.2, -0.15) is 0 Å². The molecule has 0 saturated heterocycles. The normalized spacial score (nSPS) is 16.3. The molecule has 1 aliphatic rings. The number of hydrogen-bond acceptors (Lipinski definition) is 2. The molecule has 0 saturated carbocycles. The standard InChI is InChI=1S/C23H27N3O/c1-2-14-26(20-12-11-18-7-3-4-8-19(18)16-20)23(27)13-15-25-17-24-21-9-5-6-10-22(21)25/h3-10,17,20H,2,11-16H2,1H3. The van der Waals surface area contributed by atoms with E-state index in [2.05, 4.69) is 51.7 Å². The SMILES string of the molecule is CCCN(C(=O)CCn1cnc2ccccc21)C1CCc2ccccc2C1. The molecule has 4 nitrogen and oxygen atoms in total. The minimum atomic E-state index is 0.263. The maximum Gasteiger partial charge on any atom is 0.224 e. The number of para-hydroxylation sites is 2. The van der Waals surface area contributed by atoms with Gasteiger partial charge in [-0.15, -0.1) is 0 Å². The van der Waals surface area contributed by atoms with Crippen LogP contribution in [0.4, 0.5) is 0 Å². The van der Waals surface area contributed by atoms with Gasteiger partial charge in [-0.05, 0) is 48.9 Å². The highest BCUT2D eigenvalue weighted by molar-refractivity contribution is 5.78. The van der Waals surface area contributed by atoms with Gasteiger partial charge >= 0.3 is 0 Å². The molecule has 1 atom stereocenters. The molecule has 1 aliphatic carbocycles. The molecule has 0 spiro atoms. The lowest BCUT2D eigenvalue weighted by Crippen LogP contribution is -2.44. The van der Waals surface area contributed by atoms with Gasteiger partial charge in [0.2, 0.25) is 5.91 Å². The number of aryl methyl sites for hydroxylation is 2. The maximum atomic E-state index is 13.1. The Morgan fingerprint density at radius 1 is 1.15 bits per heavy atom. The topological polar surface area (TPSA) is 38.1 Å². The minimum Gasteiger partial charge on any atom is -0.339 e. The Hall–Kier alpha value is -2.62. The van der Waals surface area contributed by atoms with Crippen LogP contribution < -0.4 is 0 Å². The number of carbonyl (C=O) groups is 1. The van der Waals surface area contributed by atoms with Crippen molar-refractivity contribution in [1.29, 1.82) is 0 Å². The third-order valence-electron chi connectivity index (χ3n) is 5.64. The van der Waals surface area contributed by atoms with Gasteiger partial charge < -0.3 is 9.47 Å². The molecular formula is C23H27N3O. The zero-order valence-corrected chi connectivity index (χ0v) is 16.0. The Labute approximate surface area is 160 Å². The molecule has 0 aliphatic heterocycles. The second kappa shape index (κ2) is 7.95. The number of aromatic nitrogens is 2. The lowest BCUT2D eigenvalue weighted by molar-refractivity contribution is -0.134. The van der Waals surface area contributed by atoms with Crippen LogP contribution in [-0.4, -0.2) is 32.9 Å². The lowest BCUT2D eigenvalue weighted by Gasteiger charge is -2.35. The van der Waals surface area contributed by atoms with Crippen molar-refractivity contribution in [3.63, 3.8) is 0 Å². The highest BCUT2D eigenvalue weighted by atomic mass is 16.2. The van der Waals surface area contributed by atoms with Gasteiger partial charge in [0.05, 0.1) is 17.4 Å². The van der Waals surface area contributed by atoms with Gasteiger partial charge in [0.1, 0.15) is 0 Å². The van der Waals surface area contributed by atoms with Crippen LogP contribution in [0.2, 0.25) is 0 Å². The summed E-state index contributed by atoms with van der Waals surface area (Å²) in [7, 11) is 0.